The van der Waals surface area contributed by atoms with E-state index in [4.69, 9.17) is 4.74 Å². The molecule has 7 heteroatoms. The standard InChI is InChI=1S/C19H27N3O4/c23-12-17-15(22-19(25)16-6-1-2-10-20-16)8-7-14(26-17)9-11-21-18(24)13-4-3-5-13/h1-2,6,10,13-15,17,23H,3-5,7-9,11-12H2,(H,21,24)(H,22,25)/t14-,15+,17+/m0/s1. The summed E-state index contributed by atoms with van der Waals surface area (Å²) in [4.78, 5) is 28.1. The zero-order valence-electron chi connectivity index (χ0n) is 14.9. The van der Waals surface area contributed by atoms with Crippen molar-refractivity contribution in [2.45, 2.75) is 56.8 Å². The number of pyridine rings is 1. The van der Waals surface area contributed by atoms with Gasteiger partial charge in [-0.05, 0) is 44.2 Å². The summed E-state index contributed by atoms with van der Waals surface area (Å²) >= 11 is 0. The van der Waals surface area contributed by atoms with Gasteiger partial charge in [-0.3, -0.25) is 14.6 Å². The topological polar surface area (TPSA) is 101 Å². The Labute approximate surface area is 153 Å². The zero-order valence-corrected chi connectivity index (χ0v) is 14.9. The first kappa shape index (κ1) is 18.8. The molecular weight excluding hydrogens is 334 g/mol. The van der Waals surface area contributed by atoms with Gasteiger partial charge in [-0.1, -0.05) is 12.5 Å². The van der Waals surface area contributed by atoms with Crippen molar-refractivity contribution in [3.8, 4) is 0 Å². The number of carbonyl (C=O) groups excluding carboxylic acids is 2. The molecule has 1 saturated heterocycles. The first-order valence-electron chi connectivity index (χ1n) is 9.43. The van der Waals surface area contributed by atoms with E-state index in [9.17, 15) is 14.7 Å². The molecule has 0 unspecified atom stereocenters. The second-order valence-corrected chi connectivity index (χ2v) is 7.06. The van der Waals surface area contributed by atoms with Crippen molar-refractivity contribution in [2.75, 3.05) is 13.2 Å². The van der Waals surface area contributed by atoms with Gasteiger partial charge in [0.25, 0.3) is 5.91 Å². The van der Waals surface area contributed by atoms with Crippen molar-refractivity contribution in [1.82, 2.24) is 15.6 Å². The van der Waals surface area contributed by atoms with E-state index in [-0.39, 0.29) is 36.5 Å². The summed E-state index contributed by atoms with van der Waals surface area (Å²) in [6, 6.07) is 4.93. The number of rotatable bonds is 7. The maximum Gasteiger partial charge on any atom is 0.270 e. The molecular formula is C19H27N3O4. The minimum atomic E-state index is -0.441. The largest absolute Gasteiger partial charge is 0.394 e. The summed E-state index contributed by atoms with van der Waals surface area (Å²) in [6.45, 7) is 0.432. The molecule has 1 aliphatic heterocycles. The van der Waals surface area contributed by atoms with Gasteiger partial charge in [0.1, 0.15) is 11.8 Å². The SMILES string of the molecule is O=C(N[C@@H]1CC[C@@H](CCNC(=O)C2CCC2)O[C@@H]1CO)c1ccccn1. The van der Waals surface area contributed by atoms with Crippen LogP contribution in [-0.4, -0.2) is 53.3 Å². The van der Waals surface area contributed by atoms with E-state index in [2.05, 4.69) is 15.6 Å². The maximum absolute atomic E-state index is 12.2. The molecule has 2 aliphatic rings. The second kappa shape index (κ2) is 9.09. The van der Waals surface area contributed by atoms with Crippen LogP contribution < -0.4 is 10.6 Å². The number of nitrogens with zero attached hydrogens (tertiary/aromatic N) is 1. The van der Waals surface area contributed by atoms with E-state index in [0.29, 0.717) is 12.2 Å². The van der Waals surface area contributed by atoms with Crippen LogP contribution >= 0.6 is 0 Å². The molecule has 0 radical (unpaired) electrons. The Hall–Kier alpha value is -1.99. The van der Waals surface area contributed by atoms with Crippen molar-refractivity contribution >= 4 is 11.8 Å². The van der Waals surface area contributed by atoms with E-state index in [1.807, 2.05) is 0 Å². The molecule has 3 N–H and O–H groups in total. The first-order valence-corrected chi connectivity index (χ1v) is 9.43. The van der Waals surface area contributed by atoms with Crippen molar-refractivity contribution in [1.29, 1.82) is 0 Å². The third-order valence-electron chi connectivity index (χ3n) is 5.25. The van der Waals surface area contributed by atoms with Crippen LogP contribution in [0.1, 0.15) is 49.0 Å². The van der Waals surface area contributed by atoms with Crippen LogP contribution in [0.25, 0.3) is 0 Å². The number of aliphatic hydroxyl groups excluding tert-OH is 1. The third-order valence-corrected chi connectivity index (χ3v) is 5.25. The summed E-state index contributed by atoms with van der Waals surface area (Å²) in [5.74, 6) is 0.0776. The van der Waals surface area contributed by atoms with Gasteiger partial charge in [-0.2, -0.15) is 0 Å². The molecule has 2 amide bonds. The van der Waals surface area contributed by atoms with Gasteiger partial charge in [-0.25, -0.2) is 0 Å². The monoisotopic (exact) mass is 361 g/mol. The number of ether oxygens (including phenoxy) is 1. The fraction of sp³-hybridized carbons (Fsp3) is 0.632. The molecule has 3 rings (SSSR count). The molecule has 1 aromatic rings. The van der Waals surface area contributed by atoms with Gasteiger partial charge < -0.3 is 20.5 Å². The minimum absolute atomic E-state index is 0.0168. The van der Waals surface area contributed by atoms with Gasteiger partial charge in [0.05, 0.1) is 18.8 Å². The average molecular weight is 361 g/mol. The highest BCUT2D eigenvalue weighted by Crippen LogP contribution is 2.26. The number of nitrogens with one attached hydrogen (secondary N) is 2. The third kappa shape index (κ3) is 4.80. The molecule has 7 nitrogen and oxygen atoms in total. The smallest absolute Gasteiger partial charge is 0.270 e. The van der Waals surface area contributed by atoms with Gasteiger partial charge in [0.2, 0.25) is 5.91 Å². The Morgan fingerprint density at radius 3 is 2.73 bits per heavy atom. The van der Waals surface area contributed by atoms with Crippen molar-refractivity contribution in [2.24, 2.45) is 5.92 Å². The van der Waals surface area contributed by atoms with Gasteiger partial charge in [0.15, 0.2) is 0 Å². The molecule has 2 fully saturated rings. The first-order chi connectivity index (χ1) is 12.7. The number of aliphatic hydroxyl groups is 1. The summed E-state index contributed by atoms with van der Waals surface area (Å²) in [5, 5.41) is 15.5. The molecule has 0 spiro atoms. The molecule has 2 heterocycles. The molecule has 0 aromatic carbocycles. The molecule has 26 heavy (non-hydrogen) atoms. The van der Waals surface area contributed by atoms with Crippen LogP contribution in [0.5, 0.6) is 0 Å². The normalized spacial score (nSPS) is 26.0. The lowest BCUT2D eigenvalue weighted by molar-refractivity contribution is -0.127. The zero-order chi connectivity index (χ0) is 18.4. The second-order valence-electron chi connectivity index (χ2n) is 7.06. The predicted octanol–water partition coefficient (Wildman–Crippen LogP) is 1.03. The van der Waals surface area contributed by atoms with E-state index < -0.39 is 6.10 Å². The van der Waals surface area contributed by atoms with Crippen LogP contribution in [0.3, 0.4) is 0 Å². The number of amides is 2. The van der Waals surface area contributed by atoms with E-state index in [1.165, 1.54) is 0 Å². The Kier molecular flexibility index (Phi) is 6.57. The van der Waals surface area contributed by atoms with Crippen LogP contribution in [0.4, 0.5) is 0 Å². The molecule has 142 valence electrons. The fourth-order valence-corrected chi connectivity index (χ4v) is 3.42. The van der Waals surface area contributed by atoms with Crippen molar-refractivity contribution in [3.05, 3.63) is 30.1 Å². The highest BCUT2D eigenvalue weighted by Gasteiger charge is 2.32. The number of carbonyl (C=O) groups is 2. The summed E-state index contributed by atoms with van der Waals surface area (Å²) in [7, 11) is 0. The maximum atomic E-state index is 12.2. The average Bonchev–Trinajstić information content (AvgIpc) is 2.62. The fourth-order valence-electron chi connectivity index (χ4n) is 3.42. The Bertz CT molecular complexity index is 606. The Balaban J connectivity index is 1.43. The summed E-state index contributed by atoms with van der Waals surface area (Å²) in [5.41, 5.74) is 0.352. The van der Waals surface area contributed by atoms with E-state index >= 15 is 0 Å². The molecule has 0 bridgehead atoms. The number of hydrogen-bond donors (Lipinski definition) is 3. The highest BCUT2D eigenvalue weighted by molar-refractivity contribution is 5.92. The minimum Gasteiger partial charge on any atom is -0.394 e. The predicted molar refractivity (Wildman–Crippen MR) is 95.4 cm³/mol. The highest BCUT2D eigenvalue weighted by atomic mass is 16.5. The van der Waals surface area contributed by atoms with E-state index in [1.54, 1.807) is 24.4 Å². The lowest BCUT2D eigenvalue weighted by atomic mass is 9.85. The Morgan fingerprint density at radius 1 is 1.23 bits per heavy atom. The van der Waals surface area contributed by atoms with Gasteiger partial charge in [-0.15, -0.1) is 0 Å². The quantitative estimate of drug-likeness (QED) is 0.673. The molecule has 1 aliphatic carbocycles. The van der Waals surface area contributed by atoms with Crippen LogP contribution in [-0.2, 0) is 9.53 Å². The summed E-state index contributed by atoms with van der Waals surface area (Å²) in [6.07, 6.45) is 6.48. The molecule has 1 aromatic heterocycles. The lowest BCUT2D eigenvalue weighted by Crippen LogP contribution is -2.51. The van der Waals surface area contributed by atoms with Gasteiger partial charge >= 0.3 is 0 Å². The summed E-state index contributed by atoms with van der Waals surface area (Å²) < 4.78 is 5.93. The van der Waals surface area contributed by atoms with Crippen LogP contribution in [0.2, 0.25) is 0 Å². The molecule has 3 atom stereocenters. The number of hydrogen-bond acceptors (Lipinski definition) is 5. The van der Waals surface area contributed by atoms with Crippen LogP contribution in [0.15, 0.2) is 24.4 Å². The van der Waals surface area contributed by atoms with E-state index in [0.717, 1.165) is 38.5 Å². The van der Waals surface area contributed by atoms with Crippen molar-refractivity contribution in [3.63, 3.8) is 0 Å². The van der Waals surface area contributed by atoms with Crippen molar-refractivity contribution < 1.29 is 19.4 Å². The Morgan fingerprint density at radius 2 is 2.08 bits per heavy atom. The number of aromatic nitrogens is 1. The molecule has 1 saturated carbocycles. The van der Waals surface area contributed by atoms with Crippen LogP contribution in [0, 0.1) is 5.92 Å². The lowest BCUT2D eigenvalue weighted by Gasteiger charge is -2.36. The van der Waals surface area contributed by atoms with Gasteiger partial charge in [0, 0.05) is 18.7 Å².